The van der Waals surface area contributed by atoms with Crippen LogP contribution in [0.4, 0.5) is 5.69 Å². The highest BCUT2D eigenvalue weighted by Crippen LogP contribution is 2.34. The van der Waals surface area contributed by atoms with Crippen molar-refractivity contribution in [1.82, 2.24) is 19.2 Å². The van der Waals surface area contributed by atoms with Crippen molar-refractivity contribution in [3.63, 3.8) is 0 Å². The summed E-state index contributed by atoms with van der Waals surface area (Å²) in [6, 6.07) is 7.53. The van der Waals surface area contributed by atoms with Crippen LogP contribution in [0.1, 0.15) is 18.9 Å². The van der Waals surface area contributed by atoms with Crippen LogP contribution in [-0.2, 0) is 11.5 Å². The number of hydrogen-bond donors (Lipinski definition) is 1. The molecule has 0 atom stereocenters. The molecule has 0 unspecified atom stereocenters. The first-order chi connectivity index (χ1) is 11.0. The molecule has 1 heterocycles. The summed E-state index contributed by atoms with van der Waals surface area (Å²) >= 11 is 11.2. The SMILES string of the molecule is CN(CC(=O)Nc1ccc(Cl)cc1)Cn1ncn(C2CC2)c1=S. The van der Waals surface area contributed by atoms with Gasteiger partial charge in [-0.25, -0.2) is 4.68 Å². The summed E-state index contributed by atoms with van der Waals surface area (Å²) in [4.78, 5) is 13.9. The average molecular weight is 352 g/mol. The average Bonchev–Trinajstić information content (AvgIpc) is 3.28. The molecule has 0 aliphatic heterocycles. The molecule has 8 heteroatoms. The fraction of sp³-hybridized carbons (Fsp3) is 0.400. The Morgan fingerprint density at radius 2 is 2.13 bits per heavy atom. The topological polar surface area (TPSA) is 55.1 Å². The lowest BCUT2D eigenvalue weighted by atomic mass is 10.3. The van der Waals surface area contributed by atoms with Crippen molar-refractivity contribution < 1.29 is 4.79 Å². The van der Waals surface area contributed by atoms with E-state index in [2.05, 4.69) is 10.4 Å². The lowest BCUT2D eigenvalue weighted by molar-refractivity contribution is -0.117. The predicted octanol–water partition coefficient (Wildman–Crippen LogP) is 2.93. The number of anilines is 1. The molecule has 0 radical (unpaired) electrons. The molecule has 1 N–H and O–H groups in total. The number of nitrogens with one attached hydrogen (secondary N) is 1. The minimum absolute atomic E-state index is 0.0945. The van der Waals surface area contributed by atoms with Gasteiger partial charge in [0, 0.05) is 16.8 Å². The van der Waals surface area contributed by atoms with Crippen LogP contribution in [-0.4, -0.2) is 38.7 Å². The number of amides is 1. The monoisotopic (exact) mass is 351 g/mol. The first kappa shape index (κ1) is 16.2. The molecule has 1 aliphatic rings. The summed E-state index contributed by atoms with van der Waals surface area (Å²) in [7, 11) is 1.86. The third-order valence-corrected chi connectivity index (χ3v) is 4.29. The van der Waals surface area contributed by atoms with Gasteiger partial charge in [0.25, 0.3) is 0 Å². The van der Waals surface area contributed by atoms with E-state index in [0.29, 0.717) is 22.5 Å². The molecule has 122 valence electrons. The summed E-state index contributed by atoms with van der Waals surface area (Å²) < 4.78 is 4.47. The molecule has 23 heavy (non-hydrogen) atoms. The highest BCUT2D eigenvalue weighted by Gasteiger charge is 2.25. The van der Waals surface area contributed by atoms with Gasteiger partial charge in [-0.3, -0.25) is 9.69 Å². The standard InChI is InChI=1S/C15H18ClN5OS/c1-19(8-14(22)18-12-4-2-11(16)3-5-12)10-21-15(23)20(9-17-21)13-6-7-13/h2-5,9,13H,6-8,10H2,1H3,(H,18,22). The van der Waals surface area contributed by atoms with Crippen molar-refractivity contribution in [2.75, 3.05) is 18.9 Å². The third kappa shape index (κ3) is 4.19. The van der Waals surface area contributed by atoms with Crippen LogP contribution >= 0.6 is 23.8 Å². The molecular formula is C15H18ClN5OS. The summed E-state index contributed by atoms with van der Waals surface area (Å²) in [6.45, 7) is 0.729. The van der Waals surface area contributed by atoms with Crippen molar-refractivity contribution in [3.05, 3.63) is 40.4 Å². The van der Waals surface area contributed by atoms with E-state index in [9.17, 15) is 4.79 Å². The molecular weight excluding hydrogens is 334 g/mol. The van der Waals surface area contributed by atoms with Crippen LogP contribution in [0.15, 0.2) is 30.6 Å². The number of rotatable bonds is 6. The van der Waals surface area contributed by atoms with Crippen molar-refractivity contribution in [2.24, 2.45) is 0 Å². The van der Waals surface area contributed by atoms with E-state index in [0.717, 1.165) is 5.69 Å². The van der Waals surface area contributed by atoms with Gasteiger partial charge in [0.2, 0.25) is 5.91 Å². The van der Waals surface area contributed by atoms with Gasteiger partial charge in [-0.2, -0.15) is 5.10 Å². The van der Waals surface area contributed by atoms with Gasteiger partial charge in [0.05, 0.1) is 13.2 Å². The fourth-order valence-electron chi connectivity index (χ4n) is 2.31. The number of aromatic nitrogens is 3. The lowest BCUT2D eigenvalue weighted by Crippen LogP contribution is -2.32. The first-order valence-corrected chi connectivity index (χ1v) is 8.19. The molecule has 0 saturated heterocycles. The number of benzene rings is 1. The molecule has 2 aromatic rings. The normalized spacial score (nSPS) is 14.2. The Labute approximate surface area is 144 Å². The van der Waals surface area contributed by atoms with E-state index in [1.165, 1.54) is 12.8 Å². The molecule has 1 amide bonds. The van der Waals surface area contributed by atoms with Crippen LogP contribution in [0.2, 0.25) is 5.02 Å². The first-order valence-electron chi connectivity index (χ1n) is 7.41. The Hall–Kier alpha value is -1.70. The van der Waals surface area contributed by atoms with Crippen LogP contribution in [0.25, 0.3) is 0 Å². The van der Waals surface area contributed by atoms with Gasteiger partial charge in [-0.1, -0.05) is 11.6 Å². The highest BCUT2D eigenvalue weighted by molar-refractivity contribution is 7.71. The summed E-state index contributed by atoms with van der Waals surface area (Å²) in [5.74, 6) is -0.0945. The Morgan fingerprint density at radius 1 is 1.43 bits per heavy atom. The van der Waals surface area contributed by atoms with E-state index in [1.54, 1.807) is 35.3 Å². The molecule has 1 aromatic carbocycles. The molecule has 1 aromatic heterocycles. The largest absolute Gasteiger partial charge is 0.325 e. The second kappa shape index (κ2) is 6.82. The lowest BCUT2D eigenvalue weighted by Gasteiger charge is -2.16. The van der Waals surface area contributed by atoms with Crippen LogP contribution in [0, 0.1) is 4.77 Å². The third-order valence-electron chi connectivity index (χ3n) is 3.61. The van der Waals surface area contributed by atoms with Crippen molar-refractivity contribution in [2.45, 2.75) is 25.6 Å². The number of likely N-dealkylation sites (N-methyl/N-ethyl adjacent to an activating group) is 1. The van der Waals surface area contributed by atoms with Crippen molar-refractivity contribution >= 4 is 35.4 Å². The Balaban J connectivity index is 1.54. The minimum Gasteiger partial charge on any atom is -0.325 e. The number of carbonyl (C=O) groups is 1. The van der Waals surface area contributed by atoms with Gasteiger partial charge in [0.15, 0.2) is 4.77 Å². The Kier molecular flexibility index (Phi) is 4.79. The quantitative estimate of drug-likeness (QED) is 0.813. The maximum Gasteiger partial charge on any atom is 0.238 e. The predicted molar refractivity (Wildman–Crippen MR) is 92.0 cm³/mol. The molecule has 1 fully saturated rings. The highest BCUT2D eigenvalue weighted by atomic mass is 35.5. The van der Waals surface area contributed by atoms with Gasteiger partial charge in [0.1, 0.15) is 6.33 Å². The number of hydrogen-bond acceptors (Lipinski definition) is 4. The molecule has 3 rings (SSSR count). The van der Waals surface area contributed by atoms with E-state index in [-0.39, 0.29) is 12.5 Å². The van der Waals surface area contributed by atoms with Crippen LogP contribution in [0.3, 0.4) is 0 Å². The van der Waals surface area contributed by atoms with E-state index in [4.69, 9.17) is 23.8 Å². The molecule has 0 spiro atoms. The van der Waals surface area contributed by atoms with Gasteiger partial charge in [-0.05, 0) is 56.4 Å². The zero-order valence-electron chi connectivity index (χ0n) is 12.8. The zero-order chi connectivity index (χ0) is 16.4. The molecule has 1 saturated carbocycles. The summed E-state index contributed by atoms with van der Waals surface area (Å²) in [5, 5.41) is 7.78. The Bertz CT molecular complexity index is 750. The van der Waals surface area contributed by atoms with Crippen molar-refractivity contribution in [3.8, 4) is 0 Å². The summed E-state index contributed by atoms with van der Waals surface area (Å²) in [6.07, 6.45) is 4.11. The second-order valence-electron chi connectivity index (χ2n) is 5.76. The number of halogens is 1. The number of carbonyl (C=O) groups excluding carboxylic acids is 1. The van der Waals surface area contributed by atoms with Gasteiger partial charge >= 0.3 is 0 Å². The second-order valence-corrected chi connectivity index (χ2v) is 6.56. The smallest absolute Gasteiger partial charge is 0.238 e. The van der Waals surface area contributed by atoms with Crippen molar-refractivity contribution in [1.29, 1.82) is 0 Å². The van der Waals surface area contributed by atoms with Gasteiger partial charge in [-0.15, -0.1) is 0 Å². The van der Waals surface area contributed by atoms with Gasteiger partial charge < -0.3 is 9.88 Å². The van der Waals surface area contributed by atoms with Crippen LogP contribution < -0.4 is 5.32 Å². The molecule has 6 nitrogen and oxygen atoms in total. The minimum atomic E-state index is -0.0945. The zero-order valence-corrected chi connectivity index (χ0v) is 14.3. The van der Waals surface area contributed by atoms with E-state index >= 15 is 0 Å². The molecule has 1 aliphatic carbocycles. The van der Waals surface area contributed by atoms with E-state index in [1.807, 2.05) is 16.5 Å². The number of nitrogens with zero attached hydrogens (tertiary/aromatic N) is 4. The summed E-state index contributed by atoms with van der Waals surface area (Å²) in [5.41, 5.74) is 0.724. The Morgan fingerprint density at radius 3 is 2.78 bits per heavy atom. The fourth-order valence-corrected chi connectivity index (χ4v) is 2.73. The molecule has 0 bridgehead atoms. The maximum absolute atomic E-state index is 12.1. The van der Waals surface area contributed by atoms with E-state index < -0.39 is 0 Å². The maximum atomic E-state index is 12.1. The van der Waals surface area contributed by atoms with Crippen LogP contribution in [0.5, 0.6) is 0 Å².